The number of piperidine rings is 1. The Morgan fingerprint density at radius 3 is 2.75 bits per heavy atom. The topological polar surface area (TPSA) is 52.6 Å². The second kappa shape index (κ2) is 6.95. The zero-order valence-electron chi connectivity index (χ0n) is 11.7. The predicted molar refractivity (Wildman–Crippen MR) is 79.8 cm³/mol. The standard InChI is InChI=1S/C15H21ClN2O2/c1-11(15(20)18-8-3-2-4-9-18)17-10-12-13(16)6-5-7-14(12)19/h5-7,11,17,19H,2-4,8-10H2,1H3. The van der Waals surface area contributed by atoms with E-state index in [2.05, 4.69) is 5.32 Å². The molecule has 1 aromatic carbocycles. The molecule has 0 saturated carbocycles. The van der Waals surface area contributed by atoms with Crippen molar-refractivity contribution in [3.8, 4) is 5.75 Å². The zero-order valence-corrected chi connectivity index (χ0v) is 12.5. The number of nitrogens with one attached hydrogen (secondary N) is 1. The first-order valence-corrected chi connectivity index (χ1v) is 7.46. The van der Waals surface area contributed by atoms with E-state index >= 15 is 0 Å². The maximum atomic E-state index is 12.3. The summed E-state index contributed by atoms with van der Waals surface area (Å²) in [6, 6.07) is 4.75. The van der Waals surface area contributed by atoms with Gasteiger partial charge in [-0.3, -0.25) is 4.79 Å². The van der Waals surface area contributed by atoms with Crippen molar-refractivity contribution in [3.63, 3.8) is 0 Å². The Bertz CT molecular complexity index is 453. The van der Waals surface area contributed by atoms with Crippen molar-refractivity contribution in [3.05, 3.63) is 28.8 Å². The molecule has 0 aliphatic carbocycles. The molecule has 0 aromatic heterocycles. The van der Waals surface area contributed by atoms with Crippen LogP contribution >= 0.6 is 11.6 Å². The first-order valence-electron chi connectivity index (χ1n) is 7.08. The van der Waals surface area contributed by atoms with Gasteiger partial charge >= 0.3 is 0 Å². The van der Waals surface area contributed by atoms with E-state index in [0.717, 1.165) is 25.9 Å². The van der Waals surface area contributed by atoms with Crippen molar-refractivity contribution in [1.29, 1.82) is 0 Å². The highest BCUT2D eigenvalue weighted by atomic mass is 35.5. The van der Waals surface area contributed by atoms with Crippen molar-refractivity contribution in [2.75, 3.05) is 13.1 Å². The monoisotopic (exact) mass is 296 g/mol. The minimum Gasteiger partial charge on any atom is -0.508 e. The van der Waals surface area contributed by atoms with Crippen LogP contribution in [-0.2, 0) is 11.3 Å². The molecule has 5 heteroatoms. The van der Waals surface area contributed by atoms with Crippen LogP contribution in [0.15, 0.2) is 18.2 Å². The lowest BCUT2D eigenvalue weighted by Gasteiger charge is -2.29. The summed E-state index contributed by atoms with van der Waals surface area (Å²) in [6.45, 7) is 3.93. The van der Waals surface area contributed by atoms with E-state index in [4.69, 9.17) is 11.6 Å². The molecule has 1 aromatic rings. The van der Waals surface area contributed by atoms with Crippen LogP contribution in [-0.4, -0.2) is 35.0 Å². The maximum Gasteiger partial charge on any atom is 0.239 e. The number of carbonyl (C=O) groups excluding carboxylic acids is 1. The van der Waals surface area contributed by atoms with Gasteiger partial charge in [-0.2, -0.15) is 0 Å². The number of aromatic hydroxyl groups is 1. The number of hydrogen-bond acceptors (Lipinski definition) is 3. The Hall–Kier alpha value is -1.26. The number of benzene rings is 1. The van der Waals surface area contributed by atoms with Crippen molar-refractivity contribution in [2.45, 2.75) is 38.8 Å². The molecule has 1 heterocycles. The van der Waals surface area contributed by atoms with E-state index in [1.165, 1.54) is 6.42 Å². The van der Waals surface area contributed by atoms with E-state index in [9.17, 15) is 9.90 Å². The van der Waals surface area contributed by atoms with Crippen LogP contribution in [0.4, 0.5) is 0 Å². The SMILES string of the molecule is CC(NCc1c(O)cccc1Cl)C(=O)N1CCCCC1. The quantitative estimate of drug-likeness (QED) is 0.898. The van der Waals surface area contributed by atoms with Crippen LogP contribution in [0.1, 0.15) is 31.7 Å². The molecule has 1 fully saturated rings. The Labute approximate surface area is 124 Å². The zero-order chi connectivity index (χ0) is 14.5. The van der Waals surface area contributed by atoms with Gasteiger partial charge in [0, 0.05) is 30.2 Å². The van der Waals surface area contributed by atoms with Crippen molar-refractivity contribution in [2.24, 2.45) is 0 Å². The fourth-order valence-electron chi connectivity index (χ4n) is 2.45. The smallest absolute Gasteiger partial charge is 0.239 e. The van der Waals surface area contributed by atoms with Gasteiger partial charge < -0.3 is 15.3 Å². The van der Waals surface area contributed by atoms with E-state index in [1.54, 1.807) is 18.2 Å². The second-order valence-electron chi connectivity index (χ2n) is 5.23. The van der Waals surface area contributed by atoms with E-state index in [0.29, 0.717) is 17.1 Å². The van der Waals surface area contributed by atoms with Gasteiger partial charge in [0.15, 0.2) is 0 Å². The molecule has 0 radical (unpaired) electrons. The molecule has 4 nitrogen and oxygen atoms in total. The highest BCUT2D eigenvalue weighted by molar-refractivity contribution is 6.31. The molecule has 2 rings (SSSR count). The summed E-state index contributed by atoms with van der Waals surface area (Å²) < 4.78 is 0. The molecule has 1 aliphatic heterocycles. The van der Waals surface area contributed by atoms with Crippen LogP contribution in [0.5, 0.6) is 5.75 Å². The van der Waals surface area contributed by atoms with Crippen molar-refractivity contribution >= 4 is 17.5 Å². The average molecular weight is 297 g/mol. The summed E-state index contributed by atoms with van der Waals surface area (Å²) in [5.41, 5.74) is 0.632. The van der Waals surface area contributed by atoms with Gasteiger partial charge in [-0.15, -0.1) is 0 Å². The van der Waals surface area contributed by atoms with Gasteiger partial charge in [0.05, 0.1) is 6.04 Å². The van der Waals surface area contributed by atoms with E-state index in [1.807, 2.05) is 11.8 Å². The first-order chi connectivity index (χ1) is 9.59. The Kier molecular flexibility index (Phi) is 5.26. The van der Waals surface area contributed by atoms with Crippen LogP contribution in [0.25, 0.3) is 0 Å². The van der Waals surface area contributed by atoms with Gasteiger partial charge in [0.2, 0.25) is 5.91 Å². The van der Waals surface area contributed by atoms with Gasteiger partial charge in [-0.1, -0.05) is 17.7 Å². The maximum absolute atomic E-state index is 12.3. The summed E-state index contributed by atoms with van der Waals surface area (Å²) >= 11 is 6.05. The molecule has 2 N–H and O–H groups in total. The van der Waals surface area contributed by atoms with Crippen molar-refractivity contribution < 1.29 is 9.90 Å². The van der Waals surface area contributed by atoms with E-state index < -0.39 is 0 Å². The number of nitrogens with zero attached hydrogens (tertiary/aromatic N) is 1. The third-order valence-corrected chi connectivity index (χ3v) is 4.07. The molecular formula is C15H21ClN2O2. The molecule has 0 spiro atoms. The number of phenols is 1. The van der Waals surface area contributed by atoms with Gasteiger partial charge in [-0.25, -0.2) is 0 Å². The highest BCUT2D eigenvalue weighted by Gasteiger charge is 2.22. The largest absolute Gasteiger partial charge is 0.508 e. The normalized spacial score (nSPS) is 17.0. The average Bonchev–Trinajstić information content (AvgIpc) is 2.46. The molecule has 20 heavy (non-hydrogen) atoms. The van der Waals surface area contributed by atoms with Crippen LogP contribution in [0.2, 0.25) is 5.02 Å². The molecule has 1 aliphatic rings. The fraction of sp³-hybridized carbons (Fsp3) is 0.533. The number of halogens is 1. The molecule has 0 bridgehead atoms. The lowest BCUT2D eigenvalue weighted by atomic mass is 10.1. The van der Waals surface area contributed by atoms with E-state index in [-0.39, 0.29) is 17.7 Å². The second-order valence-corrected chi connectivity index (χ2v) is 5.63. The minimum atomic E-state index is -0.274. The first kappa shape index (κ1) is 15.1. The third-order valence-electron chi connectivity index (χ3n) is 3.72. The lowest BCUT2D eigenvalue weighted by Crippen LogP contribution is -2.46. The highest BCUT2D eigenvalue weighted by Crippen LogP contribution is 2.25. The number of rotatable bonds is 4. The van der Waals surface area contributed by atoms with Gasteiger partial charge in [0.1, 0.15) is 5.75 Å². The number of amides is 1. The van der Waals surface area contributed by atoms with Crippen LogP contribution in [0.3, 0.4) is 0 Å². The number of carbonyl (C=O) groups is 1. The van der Waals surface area contributed by atoms with Gasteiger partial charge in [0.25, 0.3) is 0 Å². The summed E-state index contributed by atoms with van der Waals surface area (Å²) in [5, 5.41) is 13.4. The summed E-state index contributed by atoms with van der Waals surface area (Å²) in [5.74, 6) is 0.277. The Morgan fingerprint density at radius 1 is 1.40 bits per heavy atom. The summed E-state index contributed by atoms with van der Waals surface area (Å²) in [4.78, 5) is 14.2. The number of hydrogen-bond donors (Lipinski definition) is 2. The third kappa shape index (κ3) is 3.64. The predicted octanol–water partition coefficient (Wildman–Crippen LogP) is 2.54. The van der Waals surface area contributed by atoms with Gasteiger partial charge in [-0.05, 0) is 38.3 Å². The van der Waals surface area contributed by atoms with Crippen molar-refractivity contribution in [1.82, 2.24) is 10.2 Å². The molecule has 1 saturated heterocycles. The minimum absolute atomic E-state index is 0.122. The lowest BCUT2D eigenvalue weighted by molar-refractivity contribution is -0.133. The number of likely N-dealkylation sites (tertiary alicyclic amines) is 1. The number of phenolic OH excluding ortho intramolecular Hbond substituents is 1. The summed E-state index contributed by atoms with van der Waals surface area (Å²) in [6.07, 6.45) is 3.38. The van der Waals surface area contributed by atoms with Crippen LogP contribution < -0.4 is 5.32 Å². The Morgan fingerprint density at radius 2 is 2.10 bits per heavy atom. The molecule has 1 atom stereocenters. The summed E-state index contributed by atoms with van der Waals surface area (Å²) in [7, 11) is 0. The molecule has 110 valence electrons. The molecule has 1 unspecified atom stereocenters. The van der Waals surface area contributed by atoms with Crippen LogP contribution in [0, 0.1) is 0 Å². The molecular weight excluding hydrogens is 276 g/mol. The molecule has 1 amide bonds. The Balaban J connectivity index is 1.91. The fourth-order valence-corrected chi connectivity index (χ4v) is 2.69.